The quantitative estimate of drug-likeness (QED) is 0.470. The van der Waals surface area contributed by atoms with Crippen LogP contribution in [0.25, 0.3) is 11.0 Å². The van der Waals surface area contributed by atoms with E-state index in [9.17, 15) is 9.59 Å². The molecule has 2 aromatic carbocycles. The summed E-state index contributed by atoms with van der Waals surface area (Å²) < 4.78 is 5.23. The van der Waals surface area contributed by atoms with Crippen LogP contribution < -0.4 is 5.32 Å². The Bertz CT molecular complexity index is 1190. The fourth-order valence-corrected chi connectivity index (χ4v) is 4.39. The van der Waals surface area contributed by atoms with E-state index in [4.69, 9.17) is 9.40 Å². The third-order valence-electron chi connectivity index (χ3n) is 6.22. The number of hydrogen-bond acceptors (Lipinski definition) is 4. The van der Waals surface area contributed by atoms with Crippen molar-refractivity contribution in [2.75, 3.05) is 13.1 Å². The number of rotatable bonds is 6. The molecular formula is C26H26N4O3. The summed E-state index contributed by atoms with van der Waals surface area (Å²) in [4.78, 5) is 35.6. The monoisotopic (exact) mass is 442 g/mol. The first kappa shape index (κ1) is 21.0. The van der Waals surface area contributed by atoms with Crippen LogP contribution >= 0.6 is 0 Å². The first-order chi connectivity index (χ1) is 16.2. The molecule has 0 radical (unpaired) electrons. The Labute approximate surface area is 191 Å². The van der Waals surface area contributed by atoms with Crippen LogP contribution in [0.3, 0.4) is 0 Å². The van der Waals surface area contributed by atoms with Crippen molar-refractivity contribution in [3.05, 3.63) is 90.1 Å². The molecule has 1 atom stereocenters. The normalized spacial score (nSPS) is 15.5. The molecule has 2 aromatic heterocycles. The Kier molecular flexibility index (Phi) is 5.93. The van der Waals surface area contributed by atoms with Crippen LogP contribution in [0.1, 0.15) is 40.8 Å². The number of imidazole rings is 1. The fraction of sp³-hybridized carbons (Fsp3) is 0.269. The van der Waals surface area contributed by atoms with Gasteiger partial charge in [0.2, 0.25) is 5.91 Å². The number of carbonyl (C=O) groups is 2. The summed E-state index contributed by atoms with van der Waals surface area (Å²) in [5.74, 6) is 0.822. The summed E-state index contributed by atoms with van der Waals surface area (Å²) in [5, 5.41) is 3.23. The van der Waals surface area contributed by atoms with Crippen molar-refractivity contribution < 1.29 is 14.0 Å². The van der Waals surface area contributed by atoms with Crippen molar-refractivity contribution in [2.24, 2.45) is 5.92 Å². The van der Waals surface area contributed by atoms with Gasteiger partial charge in [0, 0.05) is 19.0 Å². The average molecular weight is 443 g/mol. The summed E-state index contributed by atoms with van der Waals surface area (Å²) in [6, 6.07) is 21.1. The molecule has 3 heterocycles. The van der Waals surface area contributed by atoms with Gasteiger partial charge in [0.25, 0.3) is 5.91 Å². The first-order valence-electron chi connectivity index (χ1n) is 11.3. The predicted octanol–water partition coefficient (Wildman–Crippen LogP) is 4.11. The van der Waals surface area contributed by atoms with Gasteiger partial charge in [0.1, 0.15) is 5.82 Å². The zero-order valence-corrected chi connectivity index (χ0v) is 18.2. The second-order valence-electron chi connectivity index (χ2n) is 8.43. The van der Waals surface area contributed by atoms with E-state index in [-0.39, 0.29) is 23.8 Å². The van der Waals surface area contributed by atoms with Crippen molar-refractivity contribution in [3.8, 4) is 0 Å². The number of amides is 2. The standard InChI is InChI=1S/C26H26N4O3/c31-25(19-12-14-30(15-13-19)26(32)23-11-6-16-33-23)29-22(17-18-7-2-1-3-8-18)24-27-20-9-4-5-10-21(20)28-24/h1-11,16,19,22H,12-15,17H2,(H,27,28)(H,29,31)/t22-/m0/s1. The maximum atomic E-state index is 13.2. The van der Waals surface area contributed by atoms with Crippen molar-refractivity contribution in [3.63, 3.8) is 0 Å². The Morgan fingerprint density at radius 1 is 1.03 bits per heavy atom. The van der Waals surface area contributed by atoms with Crippen LogP contribution in [0, 0.1) is 5.92 Å². The SMILES string of the molecule is O=C(N[C@@H](Cc1ccccc1)c1nc2ccccc2[nH]1)C1CCN(C(=O)c2ccco2)CC1. The molecule has 0 spiro atoms. The highest BCUT2D eigenvalue weighted by molar-refractivity contribution is 5.91. The largest absolute Gasteiger partial charge is 0.459 e. The number of carbonyl (C=O) groups excluding carboxylic acids is 2. The molecule has 1 aliphatic rings. The third kappa shape index (κ3) is 4.67. The number of hydrogen-bond donors (Lipinski definition) is 2. The number of piperidine rings is 1. The molecular weight excluding hydrogens is 416 g/mol. The molecule has 0 aliphatic carbocycles. The van der Waals surface area contributed by atoms with Crippen LogP contribution in [0.5, 0.6) is 0 Å². The molecule has 5 rings (SSSR count). The third-order valence-corrected chi connectivity index (χ3v) is 6.22. The summed E-state index contributed by atoms with van der Waals surface area (Å²) >= 11 is 0. The number of fused-ring (bicyclic) bond motifs is 1. The van der Waals surface area contributed by atoms with Crippen molar-refractivity contribution in [2.45, 2.75) is 25.3 Å². The Hall–Kier alpha value is -3.87. The highest BCUT2D eigenvalue weighted by atomic mass is 16.3. The molecule has 1 fully saturated rings. The lowest BCUT2D eigenvalue weighted by atomic mass is 9.94. The fourth-order valence-electron chi connectivity index (χ4n) is 4.39. The molecule has 1 aliphatic heterocycles. The van der Waals surface area contributed by atoms with Crippen molar-refractivity contribution in [1.82, 2.24) is 20.2 Å². The lowest BCUT2D eigenvalue weighted by Gasteiger charge is -2.31. The van der Waals surface area contributed by atoms with E-state index in [1.807, 2.05) is 42.5 Å². The van der Waals surface area contributed by atoms with Gasteiger partial charge >= 0.3 is 0 Å². The van der Waals surface area contributed by atoms with E-state index in [2.05, 4.69) is 22.4 Å². The van der Waals surface area contributed by atoms with Crippen LogP contribution in [0.15, 0.2) is 77.4 Å². The highest BCUT2D eigenvalue weighted by Crippen LogP contribution is 2.24. The minimum absolute atomic E-state index is 0.00137. The lowest BCUT2D eigenvalue weighted by molar-refractivity contribution is -0.127. The van der Waals surface area contributed by atoms with Gasteiger partial charge in [-0.05, 0) is 49.1 Å². The zero-order chi connectivity index (χ0) is 22.6. The molecule has 7 nitrogen and oxygen atoms in total. The molecule has 0 unspecified atom stereocenters. The number of aromatic nitrogens is 2. The Morgan fingerprint density at radius 2 is 1.79 bits per heavy atom. The molecule has 7 heteroatoms. The summed E-state index contributed by atoms with van der Waals surface area (Å²) in [6.07, 6.45) is 3.38. The first-order valence-corrected chi connectivity index (χ1v) is 11.3. The number of likely N-dealkylation sites (tertiary alicyclic amines) is 1. The highest BCUT2D eigenvalue weighted by Gasteiger charge is 2.30. The van der Waals surface area contributed by atoms with Gasteiger partial charge in [0.05, 0.1) is 23.3 Å². The topological polar surface area (TPSA) is 91.2 Å². The van der Waals surface area contributed by atoms with Gasteiger partial charge < -0.3 is 19.6 Å². The number of H-pyrrole nitrogens is 1. The van der Waals surface area contributed by atoms with E-state index in [1.54, 1.807) is 17.0 Å². The van der Waals surface area contributed by atoms with E-state index in [1.165, 1.54) is 6.26 Å². The average Bonchev–Trinajstić information content (AvgIpc) is 3.54. The van der Waals surface area contributed by atoms with E-state index in [0.29, 0.717) is 38.1 Å². The number of nitrogens with one attached hydrogen (secondary N) is 2. The van der Waals surface area contributed by atoms with Gasteiger partial charge in [-0.1, -0.05) is 42.5 Å². The van der Waals surface area contributed by atoms with Gasteiger partial charge in [0.15, 0.2) is 5.76 Å². The lowest BCUT2D eigenvalue weighted by Crippen LogP contribution is -2.44. The number of aromatic amines is 1. The molecule has 0 saturated carbocycles. The van der Waals surface area contributed by atoms with Gasteiger partial charge in [-0.25, -0.2) is 4.98 Å². The van der Waals surface area contributed by atoms with E-state index < -0.39 is 0 Å². The number of furan rings is 1. The van der Waals surface area contributed by atoms with E-state index >= 15 is 0 Å². The Balaban J connectivity index is 1.28. The zero-order valence-electron chi connectivity index (χ0n) is 18.2. The second kappa shape index (κ2) is 9.32. The summed E-state index contributed by atoms with van der Waals surface area (Å²) in [5.41, 5.74) is 2.95. The Morgan fingerprint density at radius 3 is 2.52 bits per heavy atom. The van der Waals surface area contributed by atoms with Crippen LogP contribution in [-0.2, 0) is 11.2 Å². The van der Waals surface area contributed by atoms with E-state index in [0.717, 1.165) is 22.4 Å². The maximum Gasteiger partial charge on any atom is 0.289 e. The minimum atomic E-state index is -0.268. The van der Waals surface area contributed by atoms with Gasteiger partial charge in [-0.2, -0.15) is 0 Å². The number of benzene rings is 2. The van der Waals surface area contributed by atoms with Crippen LogP contribution in [0.4, 0.5) is 0 Å². The van der Waals surface area contributed by atoms with Gasteiger partial charge in [-0.3, -0.25) is 9.59 Å². The summed E-state index contributed by atoms with van der Waals surface area (Å²) in [7, 11) is 0. The smallest absolute Gasteiger partial charge is 0.289 e. The molecule has 0 bridgehead atoms. The molecule has 33 heavy (non-hydrogen) atoms. The second-order valence-corrected chi connectivity index (χ2v) is 8.43. The van der Waals surface area contributed by atoms with Gasteiger partial charge in [-0.15, -0.1) is 0 Å². The molecule has 168 valence electrons. The number of para-hydroxylation sites is 2. The number of nitrogens with zero attached hydrogens (tertiary/aromatic N) is 2. The van der Waals surface area contributed by atoms with Crippen molar-refractivity contribution >= 4 is 22.8 Å². The molecule has 2 N–H and O–H groups in total. The molecule has 2 amide bonds. The predicted molar refractivity (Wildman–Crippen MR) is 124 cm³/mol. The summed E-state index contributed by atoms with van der Waals surface area (Å²) in [6.45, 7) is 1.07. The molecule has 4 aromatic rings. The minimum Gasteiger partial charge on any atom is -0.459 e. The maximum absolute atomic E-state index is 13.2. The molecule has 1 saturated heterocycles. The van der Waals surface area contributed by atoms with Crippen LogP contribution in [0.2, 0.25) is 0 Å². The van der Waals surface area contributed by atoms with Crippen molar-refractivity contribution in [1.29, 1.82) is 0 Å². The van der Waals surface area contributed by atoms with Crippen LogP contribution in [-0.4, -0.2) is 39.8 Å².